The molecule has 2 aliphatic rings. The maximum Gasteiger partial charge on any atom is 0.261 e. The van der Waals surface area contributed by atoms with Crippen LogP contribution in [0, 0.1) is 5.82 Å². The lowest BCUT2D eigenvalue weighted by molar-refractivity contribution is 0.0640. The smallest absolute Gasteiger partial charge is 0.261 e. The number of imide groups is 1. The fraction of sp³-hybridized carbons (Fsp3) is 0.148. The Balaban J connectivity index is 1.24. The van der Waals surface area contributed by atoms with Crippen molar-refractivity contribution in [1.82, 2.24) is 19.9 Å². The highest BCUT2D eigenvalue weighted by Gasteiger charge is 2.37. The van der Waals surface area contributed by atoms with Gasteiger partial charge in [0, 0.05) is 35.9 Å². The molecule has 8 nitrogen and oxygen atoms in total. The van der Waals surface area contributed by atoms with E-state index < -0.39 is 11.8 Å². The number of aromatic nitrogens is 2. The second kappa shape index (κ2) is 8.53. The first-order valence-electron chi connectivity index (χ1n) is 11.4. The molecule has 2 aromatic heterocycles. The molecular weight excluding hydrogens is 463 g/mol. The number of rotatable bonds is 4. The number of hydrogen-bond acceptors (Lipinski definition) is 6. The van der Waals surface area contributed by atoms with Crippen molar-refractivity contribution in [1.29, 1.82) is 0 Å². The number of halogens is 1. The lowest BCUT2D eigenvalue weighted by atomic mass is 10.00. The molecule has 36 heavy (non-hydrogen) atoms. The molecule has 4 aromatic rings. The van der Waals surface area contributed by atoms with Gasteiger partial charge in [0.05, 0.1) is 35.6 Å². The van der Waals surface area contributed by atoms with Crippen LogP contribution >= 0.6 is 0 Å². The molecule has 0 N–H and O–H groups in total. The summed E-state index contributed by atoms with van der Waals surface area (Å²) in [5, 5.41) is 4.13. The highest BCUT2D eigenvalue weighted by atomic mass is 19.1. The number of hydrogen-bond donors (Lipinski definition) is 0. The summed E-state index contributed by atoms with van der Waals surface area (Å²) < 4.78 is 18.9. The van der Waals surface area contributed by atoms with Crippen molar-refractivity contribution in [2.24, 2.45) is 0 Å². The number of pyridine rings is 1. The van der Waals surface area contributed by atoms with E-state index in [0.717, 1.165) is 16.2 Å². The molecule has 0 radical (unpaired) electrons. The molecule has 2 aromatic carbocycles. The summed E-state index contributed by atoms with van der Waals surface area (Å²) in [6, 6.07) is 15.8. The Bertz CT molecular complexity index is 1510. The summed E-state index contributed by atoms with van der Waals surface area (Å²) in [7, 11) is 0. The lowest BCUT2D eigenvalue weighted by Crippen LogP contribution is -2.36. The molecule has 0 fully saturated rings. The molecule has 0 unspecified atom stereocenters. The molecular formula is C27H19FN4O4. The molecule has 2 aliphatic heterocycles. The van der Waals surface area contributed by atoms with Gasteiger partial charge >= 0.3 is 0 Å². The average Bonchev–Trinajstić information content (AvgIpc) is 3.43. The van der Waals surface area contributed by atoms with Gasteiger partial charge in [0.25, 0.3) is 17.7 Å². The maximum atomic E-state index is 13.4. The molecule has 0 spiro atoms. The van der Waals surface area contributed by atoms with Crippen LogP contribution in [0.4, 0.5) is 4.39 Å². The number of carbonyl (C=O) groups is 3. The second-order valence-corrected chi connectivity index (χ2v) is 8.70. The Morgan fingerprint density at radius 3 is 2.58 bits per heavy atom. The summed E-state index contributed by atoms with van der Waals surface area (Å²) in [6.45, 7) is 0.752. The van der Waals surface area contributed by atoms with E-state index in [1.165, 1.54) is 24.3 Å². The van der Waals surface area contributed by atoms with Crippen molar-refractivity contribution < 1.29 is 23.3 Å². The van der Waals surface area contributed by atoms with E-state index in [4.69, 9.17) is 4.52 Å². The number of carbonyl (C=O) groups excluding carboxylic acids is 3. The Morgan fingerprint density at radius 1 is 1.00 bits per heavy atom. The number of nitrogens with zero attached hydrogens (tertiary/aromatic N) is 4. The predicted molar refractivity (Wildman–Crippen MR) is 125 cm³/mol. The van der Waals surface area contributed by atoms with Crippen LogP contribution in [0.5, 0.6) is 0 Å². The van der Waals surface area contributed by atoms with Gasteiger partial charge in [-0.1, -0.05) is 11.2 Å². The first kappa shape index (κ1) is 21.8. The first-order chi connectivity index (χ1) is 17.5. The standard InChI is InChI=1S/C27H19FN4O4/c28-18-7-4-16(5-8-18)24-22-15-31(12-10-23(22)30-36-24)25(33)17-6-9-20-21(13-17)27(35)32(26(20)34)14-19-3-1-2-11-29-19/h1-9,11,13H,10,12,14-15H2. The van der Waals surface area contributed by atoms with Crippen LogP contribution in [-0.4, -0.2) is 44.2 Å². The Labute approximate surface area is 205 Å². The van der Waals surface area contributed by atoms with E-state index in [9.17, 15) is 18.8 Å². The third kappa shape index (κ3) is 3.65. The second-order valence-electron chi connectivity index (χ2n) is 8.70. The van der Waals surface area contributed by atoms with Gasteiger partial charge < -0.3 is 9.42 Å². The molecule has 0 saturated carbocycles. The van der Waals surface area contributed by atoms with Gasteiger partial charge in [-0.25, -0.2) is 4.39 Å². The fourth-order valence-corrected chi connectivity index (χ4v) is 4.62. The molecule has 0 bridgehead atoms. The molecule has 0 saturated heterocycles. The Kier molecular flexibility index (Phi) is 5.18. The normalized spacial score (nSPS) is 14.7. The minimum absolute atomic E-state index is 0.0605. The highest BCUT2D eigenvalue weighted by molar-refractivity contribution is 6.22. The topological polar surface area (TPSA) is 96.6 Å². The van der Waals surface area contributed by atoms with Crippen molar-refractivity contribution in [3.05, 3.63) is 106 Å². The van der Waals surface area contributed by atoms with Gasteiger partial charge in [-0.05, 0) is 54.6 Å². The molecule has 9 heteroatoms. The predicted octanol–water partition coefficient (Wildman–Crippen LogP) is 3.87. The monoisotopic (exact) mass is 482 g/mol. The van der Waals surface area contributed by atoms with Gasteiger partial charge in [-0.2, -0.15) is 0 Å². The zero-order valence-electron chi connectivity index (χ0n) is 19.0. The summed E-state index contributed by atoms with van der Waals surface area (Å²) in [6.07, 6.45) is 2.11. The number of benzene rings is 2. The minimum atomic E-state index is -0.450. The number of amides is 3. The highest BCUT2D eigenvalue weighted by Crippen LogP contribution is 2.32. The first-order valence-corrected chi connectivity index (χ1v) is 11.4. The maximum absolute atomic E-state index is 13.4. The van der Waals surface area contributed by atoms with Crippen molar-refractivity contribution in [3.63, 3.8) is 0 Å². The van der Waals surface area contributed by atoms with Crippen LogP contribution in [-0.2, 0) is 19.5 Å². The van der Waals surface area contributed by atoms with Gasteiger partial charge in [-0.3, -0.25) is 24.3 Å². The molecule has 4 heterocycles. The van der Waals surface area contributed by atoms with E-state index in [1.54, 1.807) is 47.5 Å². The van der Waals surface area contributed by atoms with E-state index in [-0.39, 0.29) is 35.9 Å². The van der Waals surface area contributed by atoms with Crippen LogP contribution in [0.15, 0.2) is 71.4 Å². The van der Waals surface area contributed by atoms with Gasteiger partial charge in [0.2, 0.25) is 0 Å². The van der Waals surface area contributed by atoms with Crippen LogP contribution < -0.4 is 0 Å². The quantitative estimate of drug-likeness (QED) is 0.410. The zero-order valence-corrected chi connectivity index (χ0v) is 19.0. The zero-order chi connectivity index (χ0) is 24.8. The van der Waals surface area contributed by atoms with Crippen LogP contribution in [0.1, 0.15) is 48.0 Å². The third-order valence-electron chi connectivity index (χ3n) is 6.49. The molecule has 0 atom stereocenters. The van der Waals surface area contributed by atoms with Gasteiger partial charge in [0.1, 0.15) is 5.82 Å². The summed E-state index contributed by atoms with van der Waals surface area (Å²) in [4.78, 5) is 46.2. The van der Waals surface area contributed by atoms with Crippen molar-refractivity contribution in [3.8, 4) is 11.3 Å². The van der Waals surface area contributed by atoms with Crippen molar-refractivity contribution in [2.75, 3.05) is 6.54 Å². The van der Waals surface area contributed by atoms with Crippen LogP contribution in [0.2, 0.25) is 0 Å². The fourth-order valence-electron chi connectivity index (χ4n) is 4.62. The molecule has 0 aliphatic carbocycles. The average molecular weight is 482 g/mol. The summed E-state index contributed by atoms with van der Waals surface area (Å²) in [5.41, 5.74) is 3.60. The lowest BCUT2D eigenvalue weighted by Gasteiger charge is -2.26. The van der Waals surface area contributed by atoms with E-state index >= 15 is 0 Å². The summed E-state index contributed by atoms with van der Waals surface area (Å²) >= 11 is 0. The van der Waals surface area contributed by atoms with Crippen molar-refractivity contribution in [2.45, 2.75) is 19.5 Å². The molecule has 3 amide bonds. The van der Waals surface area contributed by atoms with Crippen molar-refractivity contribution >= 4 is 17.7 Å². The SMILES string of the molecule is O=C(c1ccc2c(c1)C(=O)N(Cc1ccccn1)C2=O)N1CCc2noc(-c3ccc(F)cc3)c2C1. The van der Waals surface area contributed by atoms with Crippen LogP contribution in [0.3, 0.4) is 0 Å². The molecule has 6 rings (SSSR count). The minimum Gasteiger partial charge on any atom is -0.356 e. The third-order valence-corrected chi connectivity index (χ3v) is 6.49. The summed E-state index contributed by atoms with van der Waals surface area (Å²) in [5.74, 6) is -0.975. The Hall–Kier alpha value is -4.66. The van der Waals surface area contributed by atoms with Crippen LogP contribution in [0.25, 0.3) is 11.3 Å². The number of fused-ring (bicyclic) bond motifs is 2. The molecule has 178 valence electrons. The Morgan fingerprint density at radius 2 is 1.81 bits per heavy atom. The largest absolute Gasteiger partial charge is 0.356 e. The van der Waals surface area contributed by atoms with Gasteiger partial charge in [-0.15, -0.1) is 0 Å². The van der Waals surface area contributed by atoms with Gasteiger partial charge in [0.15, 0.2) is 5.76 Å². The van der Waals surface area contributed by atoms with E-state index in [1.807, 2.05) is 0 Å². The van der Waals surface area contributed by atoms with E-state index in [2.05, 4.69) is 10.1 Å². The van der Waals surface area contributed by atoms with E-state index in [0.29, 0.717) is 35.5 Å².